The van der Waals surface area contributed by atoms with Gasteiger partial charge in [0.2, 0.25) is 0 Å². The van der Waals surface area contributed by atoms with E-state index in [-0.39, 0.29) is 24.5 Å². The van der Waals surface area contributed by atoms with Gasteiger partial charge in [-0.15, -0.1) is 0 Å². The number of hydrogen-bond donors (Lipinski definition) is 1. The molecule has 4 rings (SSSR count). The number of hydrogen-bond acceptors (Lipinski definition) is 5. The Morgan fingerprint density at radius 1 is 1.41 bits per heavy atom. The molecule has 2 aliphatic heterocycles. The number of amides is 2. The molecule has 0 bridgehead atoms. The van der Waals surface area contributed by atoms with E-state index in [4.69, 9.17) is 9.26 Å². The molecule has 1 N–H and O–H groups in total. The van der Waals surface area contributed by atoms with Gasteiger partial charge < -0.3 is 19.5 Å². The Morgan fingerprint density at radius 2 is 2.30 bits per heavy atom. The quantitative estimate of drug-likeness (QED) is 0.845. The summed E-state index contributed by atoms with van der Waals surface area (Å²) in [5, 5.41) is 6.74. The molecule has 1 fully saturated rings. The van der Waals surface area contributed by atoms with Crippen molar-refractivity contribution in [2.24, 2.45) is 0 Å². The lowest BCUT2D eigenvalue weighted by Gasteiger charge is -2.19. The minimum Gasteiger partial charge on any atom is -0.376 e. The molecule has 7 nitrogen and oxygen atoms in total. The van der Waals surface area contributed by atoms with Gasteiger partial charge >= 0.3 is 0 Å². The van der Waals surface area contributed by atoms with Crippen LogP contribution in [0.3, 0.4) is 0 Å². The first-order valence-electron chi connectivity index (χ1n) is 9.41. The van der Waals surface area contributed by atoms with Crippen molar-refractivity contribution >= 4 is 11.8 Å². The van der Waals surface area contributed by atoms with Gasteiger partial charge in [0.1, 0.15) is 0 Å². The average molecular weight is 369 g/mol. The van der Waals surface area contributed by atoms with Crippen LogP contribution in [0.4, 0.5) is 0 Å². The van der Waals surface area contributed by atoms with Crippen molar-refractivity contribution in [1.29, 1.82) is 0 Å². The van der Waals surface area contributed by atoms with Gasteiger partial charge in [-0.3, -0.25) is 9.59 Å². The van der Waals surface area contributed by atoms with Crippen LogP contribution in [-0.4, -0.2) is 41.1 Å². The summed E-state index contributed by atoms with van der Waals surface area (Å²) >= 11 is 0. The second-order valence-electron chi connectivity index (χ2n) is 6.98. The maximum absolute atomic E-state index is 12.9. The summed E-state index contributed by atoms with van der Waals surface area (Å²) in [5.74, 6) is 0.215. The standard InChI is InChI=1S/C20H23N3O4/c1-2-14-9-16(27-22-14)10-21-19(24)17-7-3-5-13-11-23(20(25)18(13)17)12-15-6-4-8-26-15/h3,5,7,9,15H,2,4,6,8,10-12H2,1H3,(H,21,24)/t15-/m0/s1. The van der Waals surface area contributed by atoms with Crippen molar-refractivity contribution in [2.75, 3.05) is 13.2 Å². The molecule has 0 radical (unpaired) electrons. The molecule has 1 aromatic carbocycles. The summed E-state index contributed by atoms with van der Waals surface area (Å²) in [6.07, 6.45) is 2.89. The predicted molar refractivity (Wildman–Crippen MR) is 97.2 cm³/mol. The molecule has 27 heavy (non-hydrogen) atoms. The topological polar surface area (TPSA) is 84.7 Å². The lowest BCUT2D eigenvalue weighted by molar-refractivity contribution is 0.0544. The van der Waals surface area contributed by atoms with Crippen molar-refractivity contribution in [3.63, 3.8) is 0 Å². The van der Waals surface area contributed by atoms with E-state index >= 15 is 0 Å². The van der Waals surface area contributed by atoms with E-state index in [1.165, 1.54) is 0 Å². The van der Waals surface area contributed by atoms with Gasteiger partial charge in [-0.2, -0.15) is 0 Å². The molecule has 2 aliphatic rings. The zero-order chi connectivity index (χ0) is 18.8. The van der Waals surface area contributed by atoms with Crippen molar-refractivity contribution in [3.8, 4) is 0 Å². The second kappa shape index (κ2) is 7.52. The number of aromatic nitrogens is 1. The lowest BCUT2D eigenvalue weighted by Crippen LogP contribution is -2.33. The SMILES string of the molecule is CCc1cc(CNC(=O)c2cccc3c2C(=O)N(C[C@@H]2CCCO2)C3)on1. The lowest BCUT2D eigenvalue weighted by atomic mass is 10.0. The fourth-order valence-electron chi connectivity index (χ4n) is 3.66. The van der Waals surface area contributed by atoms with Gasteiger partial charge in [0.05, 0.1) is 29.5 Å². The first-order valence-corrected chi connectivity index (χ1v) is 9.41. The number of ether oxygens (including phenoxy) is 1. The first-order chi connectivity index (χ1) is 13.2. The number of carbonyl (C=O) groups is 2. The highest BCUT2D eigenvalue weighted by atomic mass is 16.5. The largest absolute Gasteiger partial charge is 0.376 e. The molecule has 142 valence electrons. The zero-order valence-electron chi connectivity index (χ0n) is 15.4. The predicted octanol–water partition coefficient (Wildman–Crippen LogP) is 2.30. The van der Waals surface area contributed by atoms with Gasteiger partial charge in [-0.25, -0.2) is 0 Å². The fraction of sp³-hybridized carbons (Fsp3) is 0.450. The summed E-state index contributed by atoms with van der Waals surface area (Å²) < 4.78 is 10.8. The van der Waals surface area contributed by atoms with E-state index in [9.17, 15) is 9.59 Å². The van der Waals surface area contributed by atoms with Crippen LogP contribution < -0.4 is 5.32 Å². The van der Waals surface area contributed by atoms with Gasteiger partial charge in [0, 0.05) is 25.8 Å². The maximum atomic E-state index is 12.9. The third-order valence-electron chi connectivity index (χ3n) is 5.10. The number of carbonyl (C=O) groups excluding carboxylic acids is 2. The van der Waals surface area contributed by atoms with Crippen LogP contribution in [0.15, 0.2) is 28.8 Å². The summed E-state index contributed by atoms with van der Waals surface area (Å²) in [5.41, 5.74) is 2.64. The third kappa shape index (κ3) is 3.60. The minimum absolute atomic E-state index is 0.0970. The normalized spacial score (nSPS) is 18.8. The van der Waals surface area contributed by atoms with Crippen LogP contribution in [0.1, 0.15) is 57.5 Å². The Bertz CT molecular complexity index is 855. The van der Waals surface area contributed by atoms with Gasteiger partial charge in [0.25, 0.3) is 11.8 Å². The molecule has 0 aliphatic carbocycles. The van der Waals surface area contributed by atoms with Crippen LogP contribution in [0, 0.1) is 0 Å². The van der Waals surface area contributed by atoms with E-state index in [2.05, 4.69) is 10.5 Å². The minimum atomic E-state index is -0.284. The van der Waals surface area contributed by atoms with Crippen LogP contribution in [0.25, 0.3) is 0 Å². The number of nitrogens with zero attached hydrogens (tertiary/aromatic N) is 2. The van der Waals surface area contributed by atoms with Gasteiger partial charge in [-0.05, 0) is 30.9 Å². The molecule has 2 amide bonds. The van der Waals surface area contributed by atoms with Crippen molar-refractivity contribution in [1.82, 2.24) is 15.4 Å². The molecule has 0 spiro atoms. The number of benzene rings is 1. The maximum Gasteiger partial charge on any atom is 0.255 e. The van der Waals surface area contributed by atoms with E-state index in [0.717, 1.165) is 37.1 Å². The summed E-state index contributed by atoms with van der Waals surface area (Å²) in [7, 11) is 0. The summed E-state index contributed by atoms with van der Waals surface area (Å²) in [4.78, 5) is 27.3. The van der Waals surface area contributed by atoms with Crippen LogP contribution >= 0.6 is 0 Å². The number of fused-ring (bicyclic) bond motifs is 1. The Labute approximate surface area is 157 Å². The monoisotopic (exact) mass is 369 g/mol. The third-order valence-corrected chi connectivity index (χ3v) is 5.10. The van der Waals surface area contributed by atoms with E-state index in [1.54, 1.807) is 11.0 Å². The number of nitrogens with one attached hydrogen (secondary N) is 1. The Kier molecular flexibility index (Phi) is 4.94. The second-order valence-corrected chi connectivity index (χ2v) is 6.98. The summed E-state index contributed by atoms with van der Waals surface area (Å²) in [6.45, 7) is 4.09. The van der Waals surface area contributed by atoms with E-state index in [0.29, 0.717) is 30.0 Å². The smallest absolute Gasteiger partial charge is 0.255 e. The number of aryl methyl sites for hydroxylation is 1. The summed E-state index contributed by atoms with van der Waals surface area (Å²) in [6, 6.07) is 7.24. The van der Waals surface area contributed by atoms with Crippen molar-refractivity contribution in [2.45, 2.75) is 45.4 Å². The molecular weight excluding hydrogens is 346 g/mol. The molecule has 3 heterocycles. The van der Waals surface area contributed by atoms with Crippen LogP contribution in [0.5, 0.6) is 0 Å². The molecule has 1 aromatic heterocycles. The molecular formula is C20H23N3O4. The Hall–Kier alpha value is -2.67. The molecule has 0 saturated carbocycles. The zero-order valence-corrected chi connectivity index (χ0v) is 15.4. The van der Waals surface area contributed by atoms with Crippen LogP contribution in [0.2, 0.25) is 0 Å². The van der Waals surface area contributed by atoms with E-state index < -0.39 is 0 Å². The Morgan fingerprint density at radius 3 is 3.04 bits per heavy atom. The average Bonchev–Trinajstić information content (AvgIpc) is 3.41. The van der Waals surface area contributed by atoms with Crippen molar-refractivity contribution in [3.05, 3.63) is 52.4 Å². The van der Waals surface area contributed by atoms with Gasteiger partial charge in [0.15, 0.2) is 5.76 Å². The van der Waals surface area contributed by atoms with Crippen LogP contribution in [-0.2, 0) is 24.2 Å². The number of rotatable bonds is 6. The molecule has 1 atom stereocenters. The van der Waals surface area contributed by atoms with Gasteiger partial charge in [-0.1, -0.05) is 24.2 Å². The van der Waals surface area contributed by atoms with Crippen molar-refractivity contribution < 1.29 is 18.8 Å². The Balaban J connectivity index is 1.46. The molecule has 2 aromatic rings. The molecule has 0 unspecified atom stereocenters. The first kappa shape index (κ1) is 17.7. The van der Waals surface area contributed by atoms with E-state index in [1.807, 2.05) is 25.1 Å². The highest BCUT2D eigenvalue weighted by Crippen LogP contribution is 2.27. The highest BCUT2D eigenvalue weighted by molar-refractivity contribution is 6.09. The fourth-order valence-corrected chi connectivity index (χ4v) is 3.66. The highest BCUT2D eigenvalue weighted by Gasteiger charge is 2.33. The molecule has 7 heteroatoms. The molecule has 1 saturated heterocycles.